The molecule has 3 N–H and O–H groups in total. The van der Waals surface area contributed by atoms with Crippen molar-refractivity contribution < 1.29 is 80.2 Å². The molecule has 17 nitrogen and oxygen atoms in total. The van der Waals surface area contributed by atoms with Gasteiger partial charge in [-0.2, -0.15) is 0 Å². The number of phosphoric ester groups is 2. The van der Waals surface area contributed by atoms with E-state index in [1.54, 1.807) is 0 Å². The molecule has 5 atom stereocenters. The van der Waals surface area contributed by atoms with Crippen LogP contribution in [0.1, 0.15) is 336 Å². The van der Waals surface area contributed by atoms with Crippen LogP contribution < -0.4 is 0 Å². The van der Waals surface area contributed by atoms with Crippen LogP contribution in [0.25, 0.3) is 0 Å². The van der Waals surface area contributed by atoms with Gasteiger partial charge in [-0.3, -0.25) is 37.3 Å². The maximum atomic E-state index is 13.1. The van der Waals surface area contributed by atoms with Crippen molar-refractivity contribution in [3.05, 3.63) is 85.1 Å². The van der Waals surface area contributed by atoms with Crippen molar-refractivity contribution in [1.29, 1.82) is 0 Å². The number of carbonyl (C=O) groups excluding carboxylic acids is 4. The molecule has 0 saturated carbocycles. The molecule has 568 valence electrons. The normalized spacial score (nSPS) is 14.4. The lowest BCUT2D eigenvalue weighted by molar-refractivity contribution is -0.161. The first-order chi connectivity index (χ1) is 47.7. The second-order valence-corrected chi connectivity index (χ2v) is 28.9. The highest BCUT2D eigenvalue weighted by Gasteiger charge is 2.30. The van der Waals surface area contributed by atoms with Gasteiger partial charge in [0.25, 0.3) is 0 Å². The van der Waals surface area contributed by atoms with E-state index in [1.165, 1.54) is 128 Å². The lowest BCUT2D eigenvalue weighted by Gasteiger charge is -2.21. The standard InChI is InChI=1S/C79H140O17P2/c1-5-9-13-17-21-25-29-33-35-36-38-41-44-48-52-56-60-64-77(82)90-70-74(95-78(83)65-61-57-53-49-45-40-32-28-24-20-16-12-8-4)71-93-97(85,86)91-67-73(80)68-92-98(87,88)94-72-75(69-89-76(81)63-59-55-51-47-43-39-31-27-23-19-15-11-7-3)96-79(84)66-62-58-54-50-46-42-37-34-30-26-22-18-14-10-6-2/h21,25-26,28,30,32-35,37-38,41,48,52,73-75,80H,5-20,22-24,27,29,31,36,39-40,42-47,49-51,53-72H2,1-4H3,(H,85,86)(H,87,88)/b25-21-,30-26-,32-28-,35-33-,37-34-,41-38-,52-48-/t73-,74+,75+/m0/s1. The summed E-state index contributed by atoms with van der Waals surface area (Å²) in [6.07, 6.45) is 72.9. The van der Waals surface area contributed by atoms with E-state index >= 15 is 0 Å². The Labute approximate surface area is 595 Å². The van der Waals surface area contributed by atoms with E-state index in [1.807, 2.05) is 12.2 Å². The van der Waals surface area contributed by atoms with E-state index in [9.17, 15) is 43.2 Å². The first-order valence-electron chi connectivity index (χ1n) is 38.8. The third-order valence-electron chi connectivity index (χ3n) is 16.4. The Hall–Kier alpha value is -3.76. The summed E-state index contributed by atoms with van der Waals surface area (Å²) in [5, 5.41) is 10.6. The molecule has 0 spiro atoms. The number of esters is 4. The summed E-state index contributed by atoms with van der Waals surface area (Å²) >= 11 is 0. The van der Waals surface area contributed by atoms with Gasteiger partial charge < -0.3 is 33.8 Å². The monoisotopic (exact) mass is 1420 g/mol. The molecule has 0 aliphatic rings. The van der Waals surface area contributed by atoms with Gasteiger partial charge in [-0.1, -0.05) is 280 Å². The number of unbranched alkanes of at least 4 members (excludes halogenated alkanes) is 34. The minimum Gasteiger partial charge on any atom is -0.462 e. The molecule has 0 aromatic carbocycles. The quantitative estimate of drug-likeness (QED) is 0.0128. The van der Waals surface area contributed by atoms with Crippen molar-refractivity contribution in [3.63, 3.8) is 0 Å². The lowest BCUT2D eigenvalue weighted by atomic mass is 10.0. The Morgan fingerprint density at radius 1 is 0.296 bits per heavy atom. The van der Waals surface area contributed by atoms with Crippen LogP contribution in [0.15, 0.2) is 85.1 Å². The highest BCUT2D eigenvalue weighted by molar-refractivity contribution is 7.47. The van der Waals surface area contributed by atoms with Gasteiger partial charge in [0.2, 0.25) is 0 Å². The second kappa shape index (κ2) is 71.6. The molecule has 0 saturated heterocycles. The SMILES string of the molecule is CCCCC/C=C\C/C=C\C/C=C\C/C=C\CCCC(=O)OC[C@H](COP(=O)(O)OC[C@H](O)COP(=O)(O)OC[C@@H](COC(=O)CCCCCCCCCCCCCCC)OC(=O)CCCCCCC/C=C\C=C/CCCCCC)OC(=O)CCCCCCC/C=C\CCCCCC. The van der Waals surface area contributed by atoms with Crippen LogP contribution in [0.2, 0.25) is 0 Å². The molecule has 2 unspecified atom stereocenters. The molecule has 0 bridgehead atoms. The largest absolute Gasteiger partial charge is 0.472 e. The van der Waals surface area contributed by atoms with Crippen LogP contribution in [-0.2, 0) is 65.4 Å². The molecule has 19 heteroatoms. The average Bonchev–Trinajstić information content (AvgIpc) is 0.962. The maximum absolute atomic E-state index is 13.1. The molecule has 0 aromatic heterocycles. The van der Waals surface area contributed by atoms with Crippen LogP contribution in [-0.4, -0.2) is 96.7 Å². The fraction of sp³-hybridized carbons (Fsp3) is 0.772. The molecule has 0 aliphatic carbocycles. The number of allylic oxidation sites excluding steroid dienone is 14. The Balaban J connectivity index is 5.39. The van der Waals surface area contributed by atoms with Crippen molar-refractivity contribution >= 4 is 39.5 Å². The highest BCUT2D eigenvalue weighted by Crippen LogP contribution is 2.45. The fourth-order valence-electron chi connectivity index (χ4n) is 10.4. The molecule has 0 aromatic rings. The van der Waals surface area contributed by atoms with E-state index < -0.39 is 97.5 Å². The van der Waals surface area contributed by atoms with Gasteiger partial charge in [0.1, 0.15) is 19.3 Å². The topological polar surface area (TPSA) is 237 Å². The summed E-state index contributed by atoms with van der Waals surface area (Å²) in [6, 6.07) is 0. The van der Waals surface area contributed by atoms with Gasteiger partial charge in [-0.25, -0.2) is 9.13 Å². The van der Waals surface area contributed by atoms with Gasteiger partial charge in [0.05, 0.1) is 26.4 Å². The maximum Gasteiger partial charge on any atom is 0.472 e. The molecule has 0 amide bonds. The summed E-state index contributed by atoms with van der Waals surface area (Å²) in [5.74, 6) is -2.25. The van der Waals surface area contributed by atoms with Crippen molar-refractivity contribution in [2.45, 2.75) is 354 Å². The Morgan fingerprint density at radius 2 is 0.541 bits per heavy atom. The van der Waals surface area contributed by atoms with E-state index in [0.29, 0.717) is 32.1 Å². The summed E-state index contributed by atoms with van der Waals surface area (Å²) in [6.45, 7) is 4.75. The third kappa shape index (κ3) is 70.7. The Morgan fingerprint density at radius 3 is 0.908 bits per heavy atom. The zero-order chi connectivity index (χ0) is 71.8. The van der Waals surface area contributed by atoms with Crippen LogP contribution in [0.3, 0.4) is 0 Å². The van der Waals surface area contributed by atoms with E-state index in [0.717, 1.165) is 122 Å². The van der Waals surface area contributed by atoms with E-state index in [-0.39, 0.29) is 25.7 Å². The summed E-state index contributed by atoms with van der Waals surface area (Å²) in [7, 11) is -9.96. The second-order valence-electron chi connectivity index (χ2n) is 26.0. The van der Waals surface area contributed by atoms with E-state index in [2.05, 4.69) is 101 Å². The van der Waals surface area contributed by atoms with Gasteiger partial charge in [-0.05, 0) is 116 Å². The molecule has 0 fully saturated rings. The number of aliphatic hydroxyl groups excluding tert-OH is 1. The number of aliphatic hydroxyl groups is 1. The Bertz CT molecular complexity index is 2190. The van der Waals surface area contributed by atoms with Crippen molar-refractivity contribution in [2.24, 2.45) is 0 Å². The molecule has 0 heterocycles. The van der Waals surface area contributed by atoms with Crippen LogP contribution in [0, 0.1) is 0 Å². The lowest BCUT2D eigenvalue weighted by Crippen LogP contribution is -2.30. The smallest absolute Gasteiger partial charge is 0.462 e. The minimum absolute atomic E-state index is 0.0742. The number of ether oxygens (including phenoxy) is 4. The number of rotatable bonds is 73. The van der Waals surface area contributed by atoms with Crippen molar-refractivity contribution in [3.8, 4) is 0 Å². The summed E-state index contributed by atoms with van der Waals surface area (Å²) in [4.78, 5) is 72.8. The van der Waals surface area contributed by atoms with Gasteiger partial charge in [0, 0.05) is 25.7 Å². The van der Waals surface area contributed by atoms with Crippen molar-refractivity contribution in [2.75, 3.05) is 39.6 Å². The molecule has 0 radical (unpaired) electrons. The number of hydrogen-bond acceptors (Lipinski definition) is 15. The van der Waals surface area contributed by atoms with Crippen LogP contribution in [0.5, 0.6) is 0 Å². The predicted octanol–water partition coefficient (Wildman–Crippen LogP) is 22.2. The average molecular weight is 1420 g/mol. The molecular formula is C79H140O17P2. The van der Waals surface area contributed by atoms with Crippen LogP contribution >= 0.6 is 15.6 Å². The number of carbonyl (C=O) groups is 4. The summed E-state index contributed by atoms with van der Waals surface area (Å²) in [5.41, 5.74) is 0. The minimum atomic E-state index is -4.98. The zero-order valence-electron chi connectivity index (χ0n) is 62.0. The molecule has 98 heavy (non-hydrogen) atoms. The molecule has 0 aliphatic heterocycles. The van der Waals surface area contributed by atoms with Gasteiger partial charge in [-0.15, -0.1) is 0 Å². The fourth-order valence-corrected chi connectivity index (χ4v) is 12.0. The first-order valence-corrected chi connectivity index (χ1v) is 41.8. The highest BCUT2D eigenvalue weighted by atomic mass is 31.2. The summed E-state index contributed by atoms with van der Waals surface area (Å²) < 4.78 is 68.4. The Kier molecular flexibility index (Phi) is 68.9. The van der Waals surface area contributed by atoms with Crippen LogP contribution in [0.4, 0.5) is 0 Å². The number of hydrogen-bond donors (Lipinski definition) is 3. The molecular weight excluding hydrogens is 1280 g/mol. The first kappa shape index (κ1) is 94.2. The third-order valence-corrected chi connectivity index (χ3v) is 18.3. The molecule has 0 rings (SSSR count). The predicted molar refractivity (Wildman–Crippen MR) is 399 cm³/mol. The van der Waals surface area contributed by atoms with Gasteiger partial charge in [0.15, 0.2) is 12.2 Å². The number of phosphoric acid groups is 2. The zero-order valence-corrected chi connectivity index (χ0v) is 63.7. The van der Waals surface area contributed by atoms with E-state index in [4.69, 9.17) is 37.0 Å². The van der Waals surface area contributed by atoms with Crippen molar-refractivity contribution in [1.82, 2.24) is 0 Å². The van der Waals surface area contributed by atoms with Gasteiger partial charge >= 0.3 is 39.5 Å².